The Hall–Kier alpha value is -2.39. The van der Waals surface area contributed by atoms with Gasteiger partial charge in [-0.1, -0.05) is 23.9 Å². The van der Waals surface area contributed by atoms with Crippen LogP contribution in [0.4, 0.5) is 4.39 Å². The maximum absolute atomic E-state index is 13.0. The summed E-state index contributed by atoms with van der Waals surface area (Å²) < 4.78 is 17.8. The van der Waals surface area contributed by atoms with Crippen molar-refractivity contribution in [3.8, 4) is 6.07 Å². The first-order valence-corrected chi connectivity index (χ1v) is 6.88. The first-order chi connectivity index (χ1) is 10.1. The van der Waals surface area contributed by atoms with E-state index in [4.69, 9.17) is 10.00 Å². The summed E-state index contributed by atoms with van der Waals surface area (Å²) in [7, 11) is 1.29. The Morgan fingerprint density at radius 3 is 2.71 bits per heavy atom. The minimum absolute atomic E-state index is 0.378. The number of halogens is 1. The molecular formula is C15H11FN2O2S. The Morgan fingerprint density at radius 2 is 2.10 bits per heavy atom. The van der Waals surface area contributed by atoms with Crippen LogP contribution in [0.25, 0.3) is 0 Å². The molecule has 0 amide bonds. The lowest BCUT2D eigenvalue weighted by Crippen LogP contribution is -2.11. The molecule has 1 aromatic heterocycles. The quantitative estimate of drug-likeness (QED) is 0.641. The molecule has 0 saturated heterocycles. The van der Waals surface area contributed by atoms with E-state index in [0.29, 0.717) is 16.2 Å². The molecule has 1 heterocycles. The average Bonchev–Trinajstić information content (AvgIpc) is 2.53. The second-order valence-electron chi connectivity index (χ2n) is 4.07. The van der Waals surface area contributed by atoms with E-state index in [1.165, 1.54) is 37.6 Å². The van der Waals surface area contributed by atoms with Crippen LogP contribution < -0.4 is 0 Å². The van der Waals surface area contributed by atoms with Crippen molar-refractivity contribution in [2.45, 2.75) is 10.3 Å². The standard InChI is InChI=1S/C15H11FN2O2S/c1-20-15(19)14(11-2-4-12(16)5-3-11)21-13-8-10(9-17)6-7-18-13/h2-8,14H,1H3/t14-/m1/s1. The number of hydrogen-bond donors (Lipinski definition) is 0. The van der Waals surface area contributed by atoms with Gasteiger partial charge in [0.15, 0.2) is 0 Å². The molecule has 1 aromatic carbocycles. The number of hydrogen-bond acceptors (Lipinski definition) is 5. The van der Waals surface area contributed by atoms with Crippen molar-refractivity contribution in [2.75, 3.05) is 7.11 Å². The van der Waals surface area contributed by atoms with Crippen LogP contribution in [0.15, 0.2) is 47.6 Å². The number of carbonyl (C=O) groups is 1. The fourth-order valence-electron chi connectivity index (χ4n) is 1.66. The van der Waals surface area contributed by atoms with Gasteiger partial charge in [0.25, 0.3) is 0 Å². The van der Waals surface area contributed by atoms with Crippen molar-refractivity contribution in [1.82, 2.24) is 4.98 Å². The smallest absolute Gasteiger partial charge is 0.323 e. The molecule has 0 radical (unpaired) electrons. The number of rotatable bonds is 4. The number of benzene rings is 1. The van der Waals surface area contributed by atoms with Crippen LogP contribution in [0.1, 0.15) is 16.4 Å². The minimum Gasteiger partial charge on any atom is -0.468 e. The summed E-state index contributed by atoms with van der Waals surface area (Å²) in [6.45, 7) is 0. The number of thioether (sulfide) groups is 1. The lowest BCUT2D eigenvalue weighted by Gasteiger charge is -2.14. The number of aromatic nitrogens is 1. The van der Waals surface area contributed by atoms with E-state index in [2.05, 4.69) is 4.98 Å². The Kier molecular flexibility index (Phi) is 4.90. The van der Waals surface area contributed by atoms with E-state index in [1.807, 2.05) is 6.07 Å². The molecule has 0 N–H and O–H groups in total. The topological polar surface area (TPSA) is 63.0 Å². The van der Waals surface area contributed by atoms with Crippen molar-refractivity contribution in [3.63, 3.8) is 0 Å². The van der Waals surface area contributed by atoms with Crippen LogP contribution >= 0.6 is 11.8 Å². The number of carbonyl (C=O) groups excluding carboxylic acids is 1. The highest BCUT2D eigenvalue weighted by atomic mass is 32.2. The Balaban J connectivity index is 2.30. The Morgan fingerprint density at radius 1 is 1.38 bits per heavy atom. The third-order valence-electron chi connectivity index (χ3n) is 2.69. The molecule has 0 bridgehead atoms. The van der Waals surface area contributed by atoms with Gasteiger partial charge in [-0.05, 0) is 29.8 Å². The van der Waals surface area contributed by atoms with Gasteiger partial charge in [0.2, 0.25) is 0 Å². The number of esters is 1. The molecule has 0 unspecified atom stereocenters. The molecule has 0 aliphatic carbocycles. The predicted octanol–water partition coefficient (Wildman–Crippen LogP) is 3.10. The van der Waals surface area contributed by atoms with Gasteiger partial charge in [-0.3, -0.25) is 4.79 Å². The van der Waals surface area contributed by atoms with Crippen LogP contribution in [0.2, 0.25) is 0 Å². The zero-order valence-corrected chi connectivity index (χ0v) is 11.9. The second-order valence-corrected chi connectivity index (χ2v) is 5.19. The molecule has 0 aliphatic heterocycles. The van der Waals surface area contributed by atoms with E-state index >= 15 is 0 Å². The number of ether oxygens (including phenoxy) is 1. The Labute approximate surface area is 125 Å². The van der Waals surface area contributed by atoms with Crippen LogP contribution in [0.5, 0.6) is 0 Å². The summed E-state index contributed by atoms with van der Waals surface area (Å²) in [5.41, 5.74) is 1.06. The van der Waals surface area contributed by atoms with Crippen molar-refractivity contribution in [3.05, 3.63) is 59.5 Å². The normalized spacial score (nSPS) is 11.5. The van der Waals surface area contributed by atoms with Gasteiger partial charge in [-0.15, -0.1) is 0 Å². The van der Waals surface area contributed by atoms with Gasteiger partial charge in [-0.25, -0.2) is 9.37 Å². The minimum atomic E-state index is -0.669. The maximum Gasteiger partial charge on any atom is 0.323 e. The average molecular weight is 302 g/mol. The molecule has 1 atom stereocenters. The van der Waals surface area contributed by atoms with Crippen molar-refractivity contribution >= 4 is 17.7 Å². The predicted molar refractivity (Wildman–Crippen MR) is 76.0 cm³/mol. The van der Waals surface area contributed by atoms with E-state index in [1.54, 1.807) is 12.1 Å². The highest BCUT2D eigenvalue weighted by Crippen LogP contribution is 2.35. The summed E-state index contributed by atoms with van der Waals surface area (Å²) in [4.78, 5) is 16.0. The molecule has 2 rings (SSSR count). The fraction of sp³-hybridized carbons (Fsp3) is 0.133. The molecule has 6 heteroatoms. The van der Waals surface area contributed by atoms with Gasteiger partial charge in [0, 0.05) is 6.20 Å². The first kappa shape index (κ1) is 15.0. The van der Waals surface area contributed by atoms with Gasteiger partial charge in [0.05, 0.1) is 23.8 Å². The zero-order chi connectivity index (χ0) is 15.2. The van der Waals surface area contributed by atoms with Crippen LogP contribution in [0, 0.1) is 17.1 Å². The number of nitriles is 1. The molecule has 0 spiro atoms. The van der Waals surface area contributed by atoms with Crippen molar-refractivity contribution in [2.24, 2.45) is 0 Å². The van der Waals surface area contributed by atoms with Gasteiger partial charge >= 0.3 is 5.97 Å². The number of methoxy groups -OCH3 is 1. The molecule has 4 nitrogen and oxygen atoms in total. The van der Waals surface area contributed by atoms with Crippen LogP contribution in [0.3, 0.4) is 0 Å². The van der Waals surface area contributed by atoms with Gasteiger partial charge < -0.3 is 4.74 Å². The van der Waals surface area contributed by atoms with Gasteiger partial charge in [0.1, 0.15) is 11.1 Å². The second kappa shape index (κ2) is 6.86. The van der Waals surface area contributed by atoms with Gasteiger partial charge in [-0.2, -0.15) is 5.26 Å². The summed E-state index contributed by atoms with van der Waals surface area (Å²) in [6.07, 6.45) is 1.50. The van der Waals surface area contributed by atoms with E-state index in [-0.39, 0.29) is 5.82 Å². The number of nitrogens with zero attached hydrogens (tertiary/aromatic N) is 2. The highest BCUT2D eigenvalue weighted by molar-refractivity contribution is 8.00. The van der Waals surface area contributed by atoms with Crippen LogP contribution in [-0.4, -0.2) is 18.1 Å². The van der Waals surface area contributed by atoms with E-state index in [0.717, 1.165) is 11.8 Å². The van der Waals surface area contributed by atoms with Crippen LogP contribution in [-0.2, 0) is 9.53 Å². The summed E-state index contributed by atoms with van der Waals surface area (Å²) in [5.74, 6) is -0.840. The van der Waals surface area contributed by atoms with E-state index < -0.39 is 11.2 Å². The SMILES string of the molecule is COC(=O)[C@H](Sc1cc(C#N)ccn1)c1ccc(F)cc1. The van der Waals surface area contributed by atoms with Crippen molar-refractivity contribution in [1.29, 1.82) is 5.26 Å². The Bertz CT molecular complexity index is 683. The summed E-state index contributed by atoms with van der Waals surface area (Å²) in [6, 6.07) is 10.8. The van der Waals surface area contributed by atoms with E-state index in [9.17, 15) is 9.18 Å². The lowest BCUT2D eigenvalue weighted by molar-refractivity contribution is -0.140. The molecule has 21 heavy (non-hydrogen) atoms. The molecule has 106 valence electrons. The fourth-order valence-corrected chi connectivity index (χ4v) is 2.70. The highest BCUT2D eigenvalue weighted by Gasteiger charge is 2.23. The molecular weight excluding hydrogens is 291 g/mol. The third kappa shape index (κ3) is 3.80. The molecule has 0 saturated carbocycles. The van der Waals surface area contributed by atoms with Crippen molar-refractivity contribution < 1.29 is 13.9 Å². The molecule has 0 fully saturated rings. The lowest BCUT2D eigenvalue weighted by atomic mass is 10.1. The summed E-state index contributed by atoms with van der Waals surface area (Å²) in [5, 5.41) is 8.73. The zero-order valence-electron chi connectivity index (χ0n) is 11.1. The maximum atomic E-state index is 13.0. The molecule has 0 aliphatic rings. The third-order valence-corrected chi connectivity index (χ3v) is 3.86. The summed E-state index contributed by atoms with van der Waals surface area (Å²) >= 11 is 1.15. The number of pyridine rings is 1. The monoisotopic (exact) mass is 302 g/mol. The first-order valence-electron chi connectivity index (χ1n) is 6.00. The largest absolute Gasteiger partial charge is 0.468 e. The molecule has 2 aromatic rings.